The van der Waals surface area contributed by atoms with Crippen LogP contribution in [0.2, 0.25) is 0 Å². The highest BCUT2D eigenvalue weighted by molar-refractivity contribution is 14.1. The molecule has 5 rings (SSSR count). The first-order valence-corrected chi connectivity index (χ1v) is 8.46. The molecule has 2 aromatic carbocycles. The van der Waals surface area contributed by atoms with E-state index in [1.807, 2.05) is 18.2 Å². The first-order chi connectivity index (χ1) is 11.8. The van der Waals surface area contributed by atoms with Crippen LogP contribution in [-0.4, -0.2) is 7.76 Å². The Balaban J connectivity index is 1.69. The predicted molar refractivity (Wildman–Crippen MR) is 102 cm³/mol. The molecule has 4 nitrogen and oxygen atoms in total. The van der Waals surface area contributed by atoms with Gasteiger partial charge < -0.3 is 8.83 Å². The molecule has 0 aliphatic rings. The highest BCUT2D eigenvalue weighted by Gasteiger charge is 2.14. The SMILES string of the molecule is In1c(-c2ncco2)cc2ccc(-c3cc4ccccc4o3)cc21. The lowest BCUT2D eigenvalue weighted by atomic mass is 10.1. The summed E-state index contributed by atoms with van der Waals surface area (Å²) in [5.41, 5.74) is 3.99. The second kappa shape index (κ2) is 5.24. The summed E-state index contributed by atoms with van der Waals surface area (Å²) in [6.45, 7) is 0. The number of halogens is 1. The summed E-state index contributed by atoms with van der Waals surface area (Å²) in [7, 11) is 0. The van der Waals surface area contributed by atoms with Gasteiger partial charge in [-0.15, -0.1) is 0 Å². The van der Waals surface area contributed by atoms with Crippen LogP contribution in [0.1, 0.15) is 0 Å². The van der Waals surface area contributed by atoms with Crippen molar-refractivity contribution in [3.63, 3.8) is 0 Å². The third-order valence-corrected chi connectivity index (χ3v) is 5.15. The van der Waals surface area contributed by atoms with E-state index in [2.05, 4.69) is 67.0 Å². The Hall–Kier alpha value is -2.54. The monoisotopic (exact) mass is 426 g/mol. The summed E-state index contributed by atoms with van der Waals surface area (Å²) in [4.78, 5) is 4.24. The Morgan fingerprint density at radius 2 is 1.88 bits per heavy atom. The molecule has 3 aromatic heterocycles. The number of benzene rings is 2. The number of nitrogens with zero attached hydrogens (tertiary/aromatic N) is 2. The molecule has 0 aliphatic heterocycles. The Morgan fingerprint density at radius 1 is 0.958 bits per heavy atom. The number of fused-ring (bicyclic) bond motifs is 2. The van der Waals surface area contributed by atoms with Crippen molar-refractivity contribution in [3.05, 3.63) is 67.1 Å². The minimum atomic E-state index is 0.617. The van der Waals surface area contributed by atoms with Crippen molar-refractivity contribution < 1.29 is 8.83 Å². The van der Waals surface area contributed by atoms with Gasteiger partial charge >= 0.3 is 0 Å². The number of rotatable bonds is 2. The average Bonchev–Trinajstić information content (AvgIpc) is 3.33. The highest BCUT2D eigenvalue weighted by atomic mass is 127. The van der Waals surface area contributed by atoms with Crippen molar-refractivity contribution >= 4 is 44.7 Å². The van der Waals surface area contributed by atoms with Crippen LogP contribution < -0.4 is 0 Å². The Labute approximate surface area is 151 Å². The zero-order valence-corrected chi connectivity index (χ0v) is 14.6. The maximum Gasteiger partial charge on any atom is 0.243 e. The van der Waals surface area contributed by atoms with Gasteiger partial charge in [0.1, 0.15) is 23.3 Å². The summed E-state index contributed by atoms with van der Waals surface area (Å²) in [6, 6.07) is 18.5. The first-order valence-electron chi connectivity index (χ1n) is 7.50. The number of hydrogen-bond acceptors (Lipinski definition) is 3. The van der Waals surface area contributed by atoms with E-state index in [-0.39, 0.29) is 0 Å². The van der Waals surface area contributed by atoms with E-state index >= 15 is 0 Å². The lowest BCUT2D eigenvalue weighted by Gasteiger charge is -2.00. The molecule has 5 aromatic rings. The fraction of sp³-hybridized carbons (Fsp3) is 0. The molecule has 0 radical (unpaired) electrons. The molecular weight excluding hydrogens is 415 g/mol. The van der Waals surface area contributed by atoms with Crippen LogP contribution >= 0.6 is 22.9 Å². The van der Waals surface area contributed by atoms with E-state index in [0.29, 0.717) is 5.89 Å². The van der Waals surface area contributed by atoms with E-state index < -0.39 is 0 Å². The lowest BCUT2D eigenvalue weighted by Crippen LogP contribution is -1.84. The third-order valence-electron chi connectivity index (χ3n) is 4.11. The third kappa shape index (κ3) is 2.08. The Bertz CT molecular complexity index is 1140. The fourth-order valence-corrected chi connectivity index (χ4v) is 3.71. The molecule has 0 unspecified atom stereocenters. The molecule has 0 bridgehead atoms. The minimum Gasteiger partial charge on any atom is -0.456 e. The molecule has 0 saturated heterocycles. The van der Waals surface area contributed by atoms with Gasteiger partial charge in [-0.3, -0.25) is 2.78 Å². The maximum atomic E-state index is 5.98. The van der Waals surface area contributed by atoms with Crippen LogP contribution in [0.4, 0.5) is 0 Å². The van der Waals surface area contributed by atoms with E-state index in [4.69, 9.17) is 8.83 Å². The van der Waals surface area contributed by atoms with Crippen LogP contribution in [0.15, 0.2) is 75.9 Å². The highest BCUT2D eigenvalue weighted by Crippen LogP contribution is 2.34. The standard InChI is InChI=1S/C19H11IN2O2/c20-22-15-10-14(18-11-13-3-1-2-4-17(13)24-18)6-5-12(15)9-16(22)19-21-7-8-23-19/h1-11H. The Morgan fingerprint density at radius 3 is 2.71 bits per heavy atom. The molecule has 0 atom stereocenters. The maximum absolute atomic E-state index is 5.98. The number of oxazole rings is 1. The van der Waals surface area contributed by atoms with Crippen molar-refractivity contribution in [1.82, 2.24) is 7.76 Å². The predicted octanol–water partition coefficient (Wildman–Crippen LogP) is 5.91. The van der Waals surface area contributed by atoms with Gasteiger partial charge in [-0.2, -0.15) is 0 Å². The minimum absolute atomic E-state index is 0.617. The second-order valence-corrected chi connectivity index (χ2v) is 6.53. The number of aromatic nitrogens is 2. The zero-order chi connectivity index (χ0) is 16.1. The van der Waals surface area contributed by atoms with Crippen molar-refractivity contribution in [2.75, 3.05) is 0 Å². The van der Waals surface area contributed by atoms with Crippen LogP contribution in [0.3, 0.4) is 0 Å². The van der Waals surface area contributed by atoms with Crippen LogP contribution in [-0.2, 0) is 0 Å². The van der Waals surface area contributed by atoms with Crippen molar-refractivity contribution in [2.24, 2.45) is 0 Å². The van der Waals surface area contributed by atoms with Gasteiger partial charge in [0.25, 0.3) is 0 Å². The van der Waals surface area contributed by atoms with Gasteiger partial charge in [0.2, 0.25) is 5.89 Å². The molecule has 0 amide bonds. The van der Waals surface area contributed by atoms with Gasteiger partial charge in [-0.05, 0) is 24.3 Å². The van der Waals surface area contributed by atoms with Gasteiger partial charge in [0, 0.05) is 16.3 Å². The van der Waals surface area contributed by atoms with E-state index in [1.54, 1.807) is 12.5 Å². The summed E-state index contributed by atoms with van der Waals surface area (Å²) in [6.07, 6.45) is 3.24. The van der Waals surface area contributed by atoms with Crippen LogP contribution in [0, 0.1) is 0 Å². The smallest absolute Gasteiger partial charge is 0.243 e. The molecule has 0 N–H and O–H groups in total. The summed E-state index contributed by atoms with van der Waals surface area (Å²) in [5.74, 6) is 1.49. The van der Waals surface area contributed by atoms with Crippen LogP contribution in [0.25, 0.3) is 44.8 Å². The number of para-hydroxylation sites is 1. The summed E-state index contributed by atoms with van der Waals surface area (Å²) >= 11 is 2.27. The van der Waals surface area contributed by atoms with Gasteiger partial charge in [-0.25, -0.2) is 4.98 Å². The molecule has 0 fully saturated rings. The van der Waals surface area contributed by atoms with Crippen molar-refractivity contribution in [1.29, 1.82) is 0 Å². The molecule has 0 saturated carbocycles. The number of hydrogen-bond donors (Lipinski definition) is 0. The molecule has 0 spiro atoms. The molecule has 5 heteroatoms. The summed E-state index contributed by atoms with van der Waals surface area (Å²) < 4.78 is 13.5. The normalized spacial score (nSPS) is 11.5. The molecule has 0 aliphatic carbocycles. The second-order valence-electron chi connectivity index (χ2n) is 5.57. The Kier molecular flexibility index (Phi) is 3.02. The fourth-order valence-electron chi connectivity index (χ4n) is 2.94. The topological polar surface area (TPSA) is 44.1 Å². The molecule has 3 heterocycles. The van der Waals surface area contributed by atoms with Gasteiger partial charge in [-0.1, -0.05) is 30.3 Å². The van der Waals surface area contributed by atoms with Gasteiger partial charge in [0.05, 0.1) is 34.6 Å². The molecular formula is C19H11IN2O2. The summed E-state index contributed by atoms with van der Waals surface area (Å²) in [5, 5.41) is 2.25. The quantitative estimate of drug-likeness (QED) is 0.330. The van der Waals surface area contributed by atoms with Crippen LogP contribution in [0.5, 0.6) is 0 Å². The van der Waals surface area contributed by atoms with Gasteiger partial charge in [0.15, 0.2) is 0 Å². The number of furan rings is 1. The van der Waals surface area contributed by atoms with Crippen molar-refractivity contribution in [3.8, 4) is 22.9 Å². The average molecular weight is 426 g/mol. The van der Waals surface area contributed by atoms with E-state index in [9.17, 15) is 0 Å². The molecule has 116 valence electrons. The van der Waals surface area contributed by atoms with E-state index in [1.165, 1.54) is 0 Å². The lowest BCUT2D eigenvalue weighted by molar-refractivity contribution is 0.572. The van der Waals surface area contributed by atoms with Crippen molar-refractivity contribution in [2.45, 2.75) is 0 Å². The first kappa shape index (κ1) is 13.9. The molecule has 24 heavy (non-hydrogen) atoms. The van der Waals surface area contributed by atoms with E-state index in [0.717, 1.165) is 38.9 Å². The zero-order valence-electron chi connectivity index (χ0n) is 12.4. The largest absolute Gasteiger partial charge is 0.456 e.